The van der Waals surface area contributed by atoms with E-state index in [4.69, 9.17) is 4.74 Å². The van der Waals surface area contributed by atoms with E-state index in [9.17, 15) is 4.79 Å². The van der Waals surface area contributed by atoms with Gasteiger partial charge in [-0.15, -0.1) is 0 Å². The Labute approximate surface area is 149 Å². The molecule has 2 aromatic rings. The second-order valence-electron chi connectivity index (χ2n) is 6.72. The van der Waals surface area contributed by atoms with Crippen LogP contribution in [0.5, 0.6) is 0 Å². The van der Waals surface area contributed by atoms with Crippen molar-refractivity contribution in [2.45, 2.75) is 32.5 Å². The van der Waals surface area contributed by atoms with E-state index in [1.807, 2.05) is 19.2 Å². The SMILES string of the molecule is Cc1ccc(CNC(=O)CC2CN(Cc3ccccc3)CCO2)n1C. The number of benzene rings is 1. The first-order valence-corrected chi connectivity index (χ1v) is 8.87. The lowest BCUT2D eigenvalue weighted by atomic mass is 10.1. The van der Waals surface area contributed by atoms with Crippen LogP contribution < -0.4 is 5.32 Å². The van der Waals surface area contributed by atoms with E-state index in [1.165, 1.54) is 11.3 Å². The maximum Gasteiger partial charge on any atom is 0.222 e. The molecule has 5 heteroatoms. The number of aryl methyl sites for hydroxylation is 1. The van der Waals surface area contributed by atoms with Gasteiger partial charge in [-0.25, -0.2) is 0 Å². The zero-order valence-electron chi connectivity index (χ0n) is 15.1. The first-order valence-electron chi connectivity index (χ1n) is 8.87. The first kappa shape index (κ1) is 17.7. The number of morpholine rings is 1. The average Bonchev–Trinajstić information content (AvgIpc) is 2.93. The van der Waals surface area contributed by atoms with Gasteiger partial charge in [-0.2, -0.15) is 0 Å². The summed E-state index contributed by atoms with van der Waals surface area (Å²) in [5.41, 5.74) is 3.60. The van der Waals surface area contributed by atoms with E-state index >= 15 is 0 Å². The molecule has 1 N–H and O–H groups in total. The van der Waals surface area contributed by atoms with Crippen LogP contribution in [0, 0.1) is 6.92 Å². The summed E-state index contributed by atoms with van der Waals surface area (Å²) < 4.78 is 7.88. The molecule has 1 saturated heterocycles. The van der Waals surface area contributed by atoms with Crippen molar-refractivity contribution in [1.29, 1.82) is 0 Å². The Morgan fingerprint density at radius 3 is 2.76 bits per heavy atom. The van der Waals surface area contributed by atoms with E-state index in [0.29, 0.717) is 19.6 Å². The van der Waals surface area contributed by atoms with E-state index in [-0.39, 0.29) is 12.0 Å². The number of amides is 1. The molecule has 134 valence electrons. The fourth-order valence-electron chi connectivity index (χ4n) is 3.20. The Kier molecular flexibility index (Phi) is 5.89. The fourth-order valence-corrected chi connectivity index (χ4v) is 3.20. The molecule has 0 saturated carbocycles. The number of ether oxygens (including phenoxy) is 1. The van der Waals surface area contributed by atoms with Crippen LogP contribution in [0.15, 0.2) is 42.5 Å². The number of carbonyl (C=O) groups is 1. The summed E-state index contributed by atoms with van der Waals surface area (Å²) in [4.78, 5) is 14.6. The molecule has 0 aliphatic carbocycles. The molecule has 1 fully saturated rings. The summed E-state index contributed by atoms with van der Waals surface area (Å²) in [7, 11) is 2.02. The molecule has 1 atom stereocenters. The van der Waals surface area contributed by atoms with E-state index < -0.39 is 0 Å². The standard InChI is InChI=1S/C20H27N3O2/c1-16-8-9-18(22(16)2)13-21-20(24)12-19-15-23(10-11-25-19)14-17-6-4-3-5-7-17/h3-9,19H,10-15H2,1-2H3,(H,21,24). The van der Waals surface area contributed by atoms with Gasteiger partial charge in [0, 0.05) is 38.1 Å². The summed E-state index contributed by atoms with van der Waals surface area (Å²) in [6.07, 6.45) is 0.377. The lowest BCUT2D eigenvalue weighted by Crippen LogP contribution is -2.44. The molecule has 0 radical (unpaired) electrons. The second-order valence-corrected chi connectivity index (χ2v) is 6.72. The topological polar surface area (TPSA) is 46.5 Å². The van der Waals surface area contributed by atoms with Gasteiger partial charge in [0.05, 0.1) is 25.7 Å². The minimum Gasteiger partial charge on any atom is -0.375 e. The number of carbonyl (C=O) groups excluding carboxylic acids is 1. The van der Waals surface area contributed by atoms with Crippen LogP contribution in [0.4, 0.5) is 0 Å². The zero-order chi connectivity index (χ0) is 17.6. The third-order valence-corrected chi connectivity index (χ3v) is 4.83. The van der Waals surface area contributed by atoms with Gasteiger partial charge in [-0.05, 0) is 24.6 Å². The van der Waals surface area contributed by atoms with Gasteiger partial charge < -0.3 is 14.6 Å². The predicted molar refractivity (Wildman–Crippen MR) is 98.1 cm³/mol. The molecule has 1 unspecified atom stereocenters. The van der Waals surface area contributed by atoms with Crippen LogP contribution in [0.25, 0.3) is 0 Å². The Bertz CT molecular complexity index is 696. The van der Waals surface area contributed by atoms with Gasteiger partial charge in [0.15, 0.2) is 0 Å². The molecule has 0 bridgehead atoms. The molecule has 3 rings (SSSR count). The Morgan fingerprint density at radius 2 is 2.04 bits per heavy atom. The van der Waals surface area contributed by atoms with Crippen LogP contribution in [0.3, 0.4) is 0 Å². The molecular weight excluding hydrogens is 314 g/mol. The third kappa shape index (κ3) is 4.94. The lowest BCUT2D eigenvalue weighted by Gasteiger charge is -2.32. The van der Waals surface area contributed by atoms with Crippen molar-refractivity contribution in [2.75, 3.05) is 19.7 Å². The normalized spacial score (nSPS) is 18.2. The minimum atomic E-state index is -0.0346. The molecule has 1 aliphatic heterocycles. The van der Waals surface area contributed by atoms with Crippen molar-refractivity contribution in [1.82, 2.24) is 14.8 Å². The summed E-state index contributed by atoms with van der Waals surface area (Å²) in [6, 6.07) is 14.5. The van der Waals surface area contributed by atoms with Gasteiger partial charge in [-0.1, -0.05) is 30.3 Å². The summed E-state index contributed by atoms with van der Waals surface area (Å²) in [6.45, 7) is 5.92. The fraction of sp³-hybridized carbons (Fsp3) is 0.450. The lowest BCUT2D eigenvalue weighted by molar-refractivity contribution is -0.126. The van der Waals surface area contributed by atoms with Crippen LogP contribution in [-0.4, -0.2) is 41.2 Å². The molecule has 1 aromatic carbocycles. The van der Waals surface area contributed by atoms with Gasteiger partial charge >= 0.3 is 0 Å². The highest BCUT2D eigenvalue weighted by atomic mass is 16.5. The Balaban J connectivity index is 1.45. The maximum absolute atomic E-state index is 12.2. The molecule has 0 spiro atoms. The van der Waals surface area contributed by atoms with Crippen molar-refractivity contribution in [3.8, 4) is 0 Å². The Morgan fingerprint density at radius 1 is 1.24 bits per heavy atom. The Hall–Kier alpha value is -2.11. The monoisotopic (exact) mass is 341 g/mol. The van der Waals surface area contributed by atoms with Crippen molar-refractivity contribution in [3.05, 3.63) is 59.4 Å². The maximum atomic E-state index is 12.2. The minimum absolute atomic E-state index is 0.0346. The van der Waals surface area contributed by atoms with Crippen molar-refractivity contribution >= 4 is 5.91 Å². The zero-order valence-corrected chi connectivity index (χ0v) is 15.1. The van der Waals surface area contributed by atoms with Crippen LogP contribution in [0.1, 0.15) is 23.4 Å². The van der Waals surface area contributed by atoms with Gasteiger partial charge in [0.25, 0.3) is 0 Å². The number of aromatic nitrogens is 1. The third-order valence-electron chi connectivity index (χ3n) is 4.83. The smallest absolute Gasteiger partial charge is 0.222 e. The number of hydrogen-bond donors (Lipinski definition) is 1. The number of nitrogens with one attached hydrogen (secondary N) is 1. The predicted octanol–water partition coefficient (Wildman–Crippen LogP) is 2.24. The quantitative estimate of drug-likeness (QED) is 0.876. The first-order chi connectivity index (χ1) is 12.1. The van der Waals surface area contributed by atoms with Crippen molar-refractivity contribution in [2.24, 2.45) is 7.05 Å². The molecular formula is C20H27N3O2. The summed E-state index contributed by atoms with van der Waals surface area (Å²) >= 11 is 0. The number of rotatable bonds is 6. The molecule has 1 aromatic heterocycles. The van der Waals surface area contributed by atoms with E-state index in [1.54, 1.807) is 0 Å². The van der Waals surface area contributed by atoms with Crippen molar-refractivity contribution in [3.63, 3.8) is 0 Å². The average molecular weight is 341 g/mol. The van der Waals surface area contributed by atoms with Crippen molar-refractivity contribution < 1.29 is 9.53 Å². The summed E-state index contributed by atoms with van der Waals surface area (Å²) in [5.74, 6) is 0.0467. The second kappa shape index (κ2) is 8.32. The molecule has 2 heterocycles. The molecule has 1 amide bonds. The van der Waals surface area contributed by atoms with Gasteiger partial charge in [0.2, 0.25) is 5.91 Å². The molecule has 5 nitrogen and oxygen atoms in total. The van der Waals surface area contributed by atoms with E-state index in [2.05, 4.69) is 52.0 Å². The van der Waals surface area contributed by atoms with E-state index in [0.717, 1.165) is 25.3 Å². The number of nitrogens with zero attached hydrogens (tertiary/aromatic N) is 2. The number of hydrogen-bond acceptors (Lipinski definition) is 3. The highest BCUT2D eigenvalue weighted by molar-refractivity contribution is 5.76. The largest absolute Gasteiger partial charge is 0.375 e. The molecule has 1 aliphatic rings. The van der Waals surface area contributed by atoms with Gasteiger partial charge in [0.1, 0.15) is 0 Å². The summed E-state index contributed by atoms with van der Waals surface area (Å²) in [5, 5.41) is 3.01. The van der Waals surface area contributed by atoms with Crippen LogP contribution >= 0.6 is 0 Å². The highest BCUT2D eigenvalue weighted by Gasteiger charge is 2.23. The highest BCUT2D eigenvalue weighted by Crippen LogP contribution is 2.13. The van der Waals surface area contributed by atoms with Gasteiger partial charge in [-0.3, -0.25) is 9.69 Å². The molecule has 25 heavy (non-hydrogen) atoms. The van der Waals surface area contributed by atoms with Crippen LogP contribution in [-0.2, 0) is 29.7 Å². The van der Waals surface area contributed by atoms with Crippen LogP contribution in [0.2, 0.25) is 0 Å².